The molecule has 0 bridgehead atoms. The van der Waals surface area contributed by atoms with E-state index < -0.39 is 0 Å². The van der Waals surface area contributed by atoms with Gasteiger partial charge in [-0.3, -0.25) is 10.1 Å². The Morgan fingerprint density at radius 3 is 2.65 bits per heavy atom. The Kier molecular flexibility index (Phi) is 4.43. The number of amides is 1. The highest BCUT2D eigenvalue weighted by atomic mass is 35.5. The highest BCUT2D eigenvalue weighted by Gasteiger charge is 2.17. The van der Waals surface area contributed by atoms with Crippen LogP contribution >= 0.6 is 34.5 Å². The first-order valence-electron chi connectivity index (χ1n) is 6.73. The van der Waals surface area contributed by atoms with E-state index in [1.54, 1.807) is 31.2 Å². The lowest BCUT2D eigenvalue weighted by Crippen LogP contribution is -2.11. The molecule has 23 heavy (non-hydrogen) atoms. The second kappa shape index (κ2) is 6.35. The number of hydrogen-bond donors (Lipinski definition) is 1. The summed E-state index contributed by atoms with van der Waals surface area (Å²) in [5.74, 6) is 0.824. The highest BCUT2D eigenvalue weighted by Crippen LogP contribution is 2.31. The molecule has 0 saturated heterocycles. The fraction of sp³-hybridized carbons (Fsp3) is 0.125. The summed E-state index contributed by atoms with van der Waals surface area (Å²) in [5, 5.41) is 6.10. The zero-order chi connectivity index (χ0) is 16.6. The van der Waals surface area contributed by atoms with E-state index in [0.717, 1.165) is 11.3 Å². The first kappa shape index (κ1) is 16.1. The van der Waals surface area contributed by atoms with Crippen LogP contribution in [0, 0.1) is 13.8 Å². The van der Waals surface area contributed by atoms with Gasteiger partial charge < -0.3 is 4.42 Å². The Morgan fingerprint density at radius 1 is 1.22 bits per heavy atom. The number of nitrogens with zero attached hydrogens (tertiary/aromatic N) is 1. The maximum atomic E-state index is 12.4. The molecule has 1 N–H and O–H groups in total. The fourth-order valence-corrected chi connectivity index (χ4v) is 3.06. The molecule has 0 aliphatic heterocycles. The molecule has 0 spiro atoms. The number of halogens is 2. The van der Waals surface area contributed by atoms with Crippen molar-refractivity contribution in [2.75, 3.05) is 5.32 Å². The minimum atomic E-state index is -0.257. The van der Waals surface area contributed by atoms with Crippen molar-refractivity contribution in [1.82, 2.24) is 4.98 Å². The van der Waals surface area contributed by atoms with Crippen LogP contribution in [0.25, 0.3) is 11.3 Å². The second-order valence-corrected chi connectivity index (χ2v) is 6.63. The lowest BCUT2D eigenvalue weighted by atomic mass is 10.1. The predicted molar refractivity (Wildman–Crippen MR) is 93.7 cm³/mol. The second-order valence-electron chi connectivity index (χ2n) is 4.96. The molecular weight excluding hydrogens is 355 g/mol. The summed E-state index contributed by atoms with van der Waals surface area (Å²) in [5.41, 5.74) is 2.08. The van der Waals surface area contributed by atoms with Crippen molar-refractivity contribution in [2.45, 2.75) is 13.8 Å². The Hall–Kier alpha value is -1.82. The number of rotatable bonds is 3. The molecule has 0 aliphatic rings. The average Bonchev–Trinajstić information content (AvgIpc) is 3.08. The standard InChI is InChI=1S/C16H12Cl2N2O2S/c1-8-7-23-16(19-8)20-15(21)11-6-14(22-9(11)2)10-3-4-12(17)13(18)5-10/h3-7H,1-2H3,(H,19,20,21). The van der Waals surface area contributed by atoms with E-state index in [-0.39, 0.29) is 5.91 Å². The summed E-state index contributed by atoms with van der Waals surface area (Å²) >= 11 is 13.3. The molecule has 1 aromatic carbocycles. The van der Waals surface area contributed by atoms with Crippen LogP contribution in [-0.4, -0.2) is 10.9 Å². The minimum absolute atomic E-state index is 0.257. The van der Waals surface area contributed by atoms with Crippen LogP contribution in [0.1, 0.15) is 21.8 Å². The van der Waals surface area contributed by atoms with Crippen molar-refractivity contribution in [3.8, 4) is 11.3 Å². The van der Waals surface area contributed by atoms with Crippen molar-refractivity contribution in [3.05, 3.63) is 56.7 Å². The molecule has 7 heteroatoms. The quantitative estimate of drug-likeness (QED) is 0.658. The molecule has 4 nitrogen and oxygen atoms in total. The van der Waals surface area contributed by atoms with Crippen molar-refractivity contribution < 1.29 is 9.21 Å². The maximum absolute atomic E-state index is 12.4. The maximum Gasteiger partial charge on any atom is 0.261 e. The van der Waals surface area contributed by atoms with Gasteiger partial charge in [0.15, 0.2) is 5.13 Å². The number of aryl methyl sites for hydroxylation is 2. The number of furan rings is 1. The third-order valence-corrected chi connectivity index (χ3v) is 4.82. The number of anilines is 1. The number of benzene rings is 1. The molecule has 0 unspecified atom stereocenters. The molecule has 0 fully saturated rings. The van der Waals surface area contributed by atoms with Gasteiger partial charge in [0, 0.05) is 10.9 Å². The molecule has 3 rings (SSSR count). The van der Waals surface area contributed by atoms with E-state index in [1.165, 1.54) is 11.3 Å². The topological polar surface area (TPSA) is 55.1 Å². The van der Waals surface area contributed by atoms with Crippen LogP contribution in [0.4, 0.5) is 5.13 Å². The Balaban J connectivity index is 1.88. The van der Waals surface area contributed by atoms with Crippen molar-refractivity contribution in [3.63, 3.8) is 0 Å². The normalized spacial score (nSPS) is 10.8. The van der Waals surface area contributed by atoms with Gasteiger partial charge in [0.2, 0.25) is 0 Å². The van der Waals surface area contributed by atoms with Gasteiger partial charge in [0.05, 0.1) is 21.3 Å². The van der Waals surface area contributed by atoms with Crippen LogP contribution in [0.2, 0.25) is 10.0 Å². The van der Waals surface area contributed by atoms with E-state index >= 15 is 0 Å². The summed E-state index contributed by atoms with van der Waals surface area (Å²) in [4.78, 5) is 16.6. The molecule has 2 aromatic heterocycles. The van der Waals surface area contributed by atoms with Gasteiger partial charge in [-0.25, -0.2) is 4.98 Å². The van der Waals surface area contributed by atoms with Crippen LogP contribution in [0.3, 0.4) is 0 Å². The molecule has 0 saturated carbocycles. The monoisotopic (exact) mass is 366 g/mol. The number of carbonyl (C=O) groups is 1. The number of carbonyl (C=O) groups excluding carboxylic acids is 1. The number of aromatic nitrogens is 1. The molecule has 0 radical (unpaired) electrons. The Labute approximate surface area is 147 Å². The predicted octanol–water partition coefficient (Wildman–Crippen LogP) is 5.58. The smallest absolute Gasteiger partial charge is 0.261 e. The Bertz CT molecular complexity index is 886. The van der Waals surface area contributed by atoms with Gasteiger partial charge in [0.1, 0.15) is 11.5 Å². The summed E-state index contributed by atoms with van der Waals surface area (Å²) in [6, 6.07) is 6.87. The van der Waals surface area contributed by atoms with Crippen molar-refractivity contribution in [2.24, 2.45) is 0 Å². The summed E-state index contributed by atoms with van der Waals surface area (Å²) in [6.07, 6.45) is 0. The molecule has 0 aliphatic carbocycles. The molecule has 118 valence electrons. The summed E-state index contributed by atoms with van der Waals surface area (Å²) in [7, 11) is 0. The van der Waals surface area contributed by atoms with E-state index in [2.05, 4.69) is 10.3 Å². The third-order valence-electron chi connectivity index (χ3n) is 3.21. The first-order chi connectivity index (χ1) is 10.9. The highest BCUT2D eigenvalue weighted by molar-refractivity contribution is 7.13. The van der Waals surface area contributed by atoms with E-state index in [0.29, 0.717) is 32.3 Å². The van der Waals surface area contributed by atoms with E-state index in [9.17, 15) is 4.79 Å². The molecular formula is C16H12Cl2N2O2S. The number of thiazole rings is 1. The van der Waals surface area contributed by atoms with Crippen LogP contribution in [-0.2, 0) is 0 Å². The lowest BCUT2D eigenvalue weighted by molar-refractivity contribution is 0.102. The van der Waals surface area contributed by atoms with Gasteiger partial charge >= 0.3 is 0 Å². The Morgan fingerprint density at radius 2 is 2.00 bits per heavy atom. The van der Waals surface area contributed by atoms with Crippen molar-refractivity contribution in [1.29, 1.82) is 0 Å². The average molecular weight is 367 g/mol. The molecule has 3 aromatic rings. The van der Waals surface area contributed by atoms with Gasteiger partial charge in [-0.05, 0) is 38.1 Å². The minimum Gasteiger partial charge on any atom is -0.461 e. The van der Waals surface area contributed by atoms with Crippen LogP contribution in [0.15, 0.2) is 34.1 Å². The zero-order valence-corrected chi connectivity index (χ0v) is 14.6. The van der Waals surface area contributed by atoms with Crippen LogP contribution in [0.5, 0.6) is 0 Å². The number of hydrogen-bond acceptors (Lipinski definition) is 4. The lowest BCUT2D eigenvalue weighted by Gasteiger charge is -1.99. The van der Waals surface area contributed by atoms with Gasteiger partial charge in [-0.15, -0.1) is 11.3 Å². The van der Waals surface area contributed by atoms with Gasteiger partial charge in [0.25, 0.3) is 5.91 Å². The third kappa shape index (κ3) is 3.42. The molecule has 1 amide bonds. The summed E-state index contributed by atoms with van der Waals surface area (Å²) in [6.45, 7) is 3.61. The molecule has 0 atom stereocenters. The summed E-state index contributed by atoms with van der Waals surface area (Å²) < 4.78 is 5.68. The van der Waals surface area contributed by atoms with Gasteiger partial charge in [-0.1, -0.05) is 23.2 Å². The first-order valence-corrected chi connectivity index (χ1v) is 8.37. The van der Waals surface area contributed by atoms with Crippen LogP contribution < -0.4 is 5.32 Å². The number of nitrogens with one attached hydrogen (secondary N) is 1. The molecule has 2 heterocycles. The van der Waals surface area contributed by atoms with Crippen molar-refractivity contribution >= 4 is 45.6 Å². The van der Waals surface area contributed by atoms with E-state index in [4.69, 9.17) is 27.6 Å². The fourth-order valence-electron chi connectivity index (χ4n) is 2.08. The van der Waals surface area contributed by atoms with Gasteiger partial charge in [-0.2, -0.15) is 0 Å². The zero-order valence-electron chi connectivity index (χ0n) is 12.3. The largest absolute Gasteiger partial charge is 0.461 e. The van der Waals surface area contributed by atoms with E-state index in [1.807, 2.05) is 12.3 Å². The SMILES string of the molecule is Cc1csc(NC(=O)c2cc(-c3ccc(Cl)c(Cl)c3)oc2C)n1.